The number of carbonyl (C=O) groups excluding carboxylic acids is 1. The second-order valence-electron chi connectivity index (χ2n) is 3.53. The number of amides is 1. The minimum absolute atomic E-state index is 0.419. The number of hydrogen-bond donors (Lipinski definition) is 3. The molecule has 0 unspecified atom stereocenters. The Labute approximate surface area is 124 Å². The van der Waals surface area contributed by atoms with E-state index in [4.69, 9.17) is 15.8 Å². The number of nitrogens with zero attached hydrogens (tertiary/aromatic N) is 1. The third-order valence-electron chi connectivity index (χ3n) is 2.13. The number of pyridine rings is 1. The number of hydrogen-bond acceptors (Lipinski definition) is 4. The van der Waals surface area contributed by atoms with Gasteiger partial charge in [-0.1, -0.05) is 12.1 Å². The van der Waals surface area contributed by atoms with E-state index >= 15 is 0 Å². The van der Waals surface area contributed by atoms with Crippen molar-refractivity contribution in [2.24, 2.45) is 5.73 Å². The predicted octanol–water partition coefficient (Wildman–Crippen LogP) is 0.152. The van der Waals surface area contributed by atoms with E-state index in [9.17, 15) is 4.79 Å². The molecule has 1 heterocycles. The molecule has 0 aliphatic carbocycles. The normalized spacial score (nSPS) is 9.21. The molecule has 1 aromatic carbocycles. The molecule has 0 atom stereocenters. The van der Waals surface area contributed by atoms with Crippen LogP contribution in [0.25, 0.3) is 0 Å². The summed E-state index contributed by atoms with van der Waals surface area (Å²) in [6, 6.07) is 10.2. The highest BCUT2D eigenvalue weighted by molar-refractivity contribution is 14.1. The Morgan fingerprint density at radius 3 is 2.00 bits per heavy atom. The zero-order valence-corrected chi connectivity index (χ0v) is 12.1. The van der Waals surface area contributed by atoms with E-state index in [0.29, 0.717) is 11.0 Å². The van der Waals surface area contributed by atoms with E-state index in [2.05, 4.69) is 27.6 Å². The topological polar surface area (TPSA) is 96.4 Å². The molecule has 0 aliphatic heterocycles. The molecule has 98 valence electrons. The van der Waals surface area contributed by atoms with Gasteiger partial charge in [0.15, 0.2) is 0 Å². The van der Waals surface area contributed by atoms with Crippen LogP contribution in [0.15, 0.2) is 48.8 Å². The standard InChI is InChI=1S/C6H6BIO2.C6H6N2O/c8-6-3-1-5(2-4-6)7(9)10;7-6(9)5-1-3-8-4-2-5/h1-4,9-10H;1-4H,(H2,7,9). The average Bonchev–Trinajstić information content (AvgIpc) is 2.41. The monoisotopic (exact) mass is 370 g/mol. The molecular formula is C12H12BIN2O3. The molecule has 7 heteroatoms. The van der Waals surface area contributed by atoms with Gasteiger partial charge in [0.05, 0.1) is 0 Å². The molecule has 0 spiro atoms. The van der Waals surface area contributed by atoms with E-state index in [1.54, 1.807) is 24.3 Å². The summed E-state index contributed by atoms with van der Waals surface area (Å²) in [4.78, 5) is 14.1. The van der Waals surface area contributed by atoms with Crippen molar-refractivity contribution >= 4 is 41.1 Å². The van der Waals surface area contributed by atoms with Gasteiger partial charge in [0.2, 0.25) is 5.91 Å². The Balaban J connectivity index is 0.000000191. The molecule has 1 amide bonds. The van der Waals surface area contributed by atoms with Gasteiger partial charge in [-0.05, 0) is 52.3 Å². The molecule has 19 heavy (non-hydrogen) atoms. The summed E-state index contributed by atoms with van der Waals surface area (Å²) < 4.78 is 1.09. The van der Waals surface area contributed by atoms with Gasteiger partial charge in [0, 0.05) is 21.5 Å². The highest BCUT2D eigenvalue weighted by Crippen LogP contribution is 1.99. The van der Waals surface area contributed by atoms with Crippen molar-refractivity contribution in [2.45, 2.75) is 0 Å². The van der Waals surface area contributed by atoms with Crippen LogP contribution in [0, 0.1) is 3.57 Å². The Morgan fingerprint density at radius 1 is 1.11 bits per heavy atom. The van der Waals surface area contributed by atoms with Crippen molar-refractivity contribution in [1.82, 2.24) is 4.98 Å². The van der Waals surface area contributed by atoms with E-state index < -0.39 is 13.0 Å². The summed E-state index contributed by atoms with van der Waals surface area (Å²) >= 11 is 2.16. The maximum absolute atomic E-state index is 10.4. The van der Waals surface area contributed by atoms with Crippen molar-refractivity contribution in [3.63, 3.8) is 0 Å². The van der Waals surface area contributed by atoms with Gasteiger partial charge < -0.3 is 15.8 Å². The largest absolute Gasteiger partial charge is 0.488 e. The first kappa shape index (κ1) is 15.6. The number of halogens is 1. The van der Waals surface area contributed by atoms with Gasteiger partial charge in [-0.2, -0.15) is 0 Å². The molecule has 0 radical (unpaired) electrons. The SMILES string of the molecule is NC(=O)c1ccncc1.OB(O)c1ccc(I)cc1. The number of aromatic nitrogens is 1. The van der Waals surface area contributed by atoms with Gasteiger partial charge in [0.1, 0.15) is 0 Å². The quantitative estimate of drug-likeness (QED) is 0.518. The maximum Gasteiger partial charge on any atom is 0.488 e. The van der Waals surface area contributed by atoms with Crippen LogP contribution in [0.5, 0.6) is 0 Å². The molecule has 5 nitrogen and oxygen atoms in total. The fourth-order valence-electron chi connectivity index (χ4n) is 1.15. The van der Waals surface area contributed by atoms with Crippen molar-refractivity contribution in [1.29, 1.82) is 0 Å². The van der Waals surface area contributed by atoms with Crippen LogP contribution < -0.4 is 11.2 Å². The van der Waals surface area contributed by atoms with Crippen molar-refractivity contribution in [2.75, 3.05) is 0 Å². The van der Waals surface area contributed by atoms with Crippen LogP contribution in [0.1, 0.15) is 10.4 Å². The average molecular weight is 370 g/mol. The molecule has 0 saturated carbocycles. The predicted molar refractivity (Wildman–Crippen MR) is 81.7 cm³/mol. The Bertz CT molecular complexity index is 520. The third kappa shape index (κ3) is 5.82. The Morgan fingerprint density at radius 2 is 1.63 bits per heavy atom. The Hall–Kier alpha value is -1.45. The second kappa shape index (κ2) is 7.87. The molecule has 0 fully saturated rings. The number of rotatable bonds is 2. The van der Waals surface area contributed by atoms with Gasteiger partial charge in [0.25, 0.3) is 0 Å². The van der Waals surface area contributed by atoms with Crippen LogP contribution in [0.3, 0.4) is 0 Å². The minimum Gasteiger partial charge on any atom is -0.423 e. The fourth-order valence-corrected chi connectivity index (χ4v) is 1.51. The van der Waals surface area contributed by atoms with Crippen molar-refractivity contribution in [3.05, 3.63) is 57.9 Å². The fraction of sp³-hybridized carbons (Fsp3) is 0. The van der Waals surface area contributed by atoms with Crippen LogP contribution in [-0.4, -0.2) is 28.1 Å². The lowest BCUT2D eigenvalue weighted by Gasteiger charge is -1.96. The van der Waals surface area contributed by atoms with Crippen molar-refractivity contribution in [3.8, 4) is 0 Å². The summed E-state index contributed by atoms with van der Waals surface area (Å²) in [7, 11) is -1.35. The molecule has 2 rings (SSSR count). The Kier molecular flexibility index (Phi) is 6.47. The minimum atomic E-state index is -1.35. The van der Waals surface area contributed by atoms with E-state index in [0.717, 1.165) is 3.57 Å². The van der Waals surface area contributed by atoms with Crippen LogP contribution >= 0.6 is 22.6 Å². The summed E-state index contributed by atoms with van der Waals surface area (Å²) in [5, 5.41) is 17.3. The summed E-state index contributed by atoms with van der Waals surface area (Å²) in [6.07, 6.45) is 3.06. The molecule has 1 aromatic heterocycles. The summed E-state index contributed by atoms with van der Waals surface area (Å²) in [5.74, 6) is -0.419. The van der Waals surface area contributed by atoms with Crippen molar-refractivity contribution < 1.29 is 14.8 Å². The number of nitrogens with two attached hydrogens (primary N) is 1. The number of carbonyl (C=O) groups is 1. The van der Waals surface area contributed by atoms with Crippen LogP contribution in [0.2, 0.25) is 0 Å². The summed E-state index contributed by atoms with van der Waals surface area (Å²) in [6.45, 7) is 0. The van der Waals surface area contributed by atoms with Crippen LogP contribution in [-0.2, 0) is 0 Å². The van der Waals surface area contributed by atoms with E-state index in [1.165, 1.54) is 12.4 Å². The van der Waals surface area contributed by atoms with Gasteiger partial charge >= 0.3 is 7.12 Å². The van der Waals surface area contributed by atoms with E-state index in [-0.39, 0.29) is 0 Å². The lowest BCUT2D eigenvalue weighted by molar-refractivity contribution is 0.1000. The van der Waals surface area contributed by atoms with Gasteiger partial charge in [-0.15, -0.1) is 0 Å². The zero-order valence-electron chi connectivity index (χ0n) is 9.90. The highest BCUT2D eigenvalue weighted by Gasteiger charge is 2.08. The molecule has 2 aromatic rings. The second-order valence-corrected chi connectivity index (χ2v) is 4.77. The molecule has 0 saturated heterocycles. The van der Waals surface area contributed by atoms with Gasteiger partial charge in [-0.25, -0.2) is 0 Å². The first-order valence-electron chi connectivity index (χ1n) is 5.32. The van der Waals surface area contributed by atoms with Crippen LogP contribution in [0.4, 0.5) is 0 Å². The maximum atomic E-state index is 10.4. The van der Waals surface area contributed by atoms with E-state index in [1.807, 2.05) is 12.1 Å². The zero-order chi connectivity index (χ0) is 14.3. The molecule has 4 N–H and O–H groups in total. The molecule has 0 aliphatic rings. The highest BCUT2D eigenvalue weighted by atomic mass is 127. The number of benzene rings is 1. The third-order valence-corrected chi connectivity index (χ3v) is 2.85. The number of primary amides is 1. The first-order valence-corrected chi connectivity index (χ1v) is 6.40. The smallest absolute Gasteiger partial charge is 0.423 e. The first-order chi connectivity index (χ1) is 9.00. The lowest BCUT2D eigenvalue weighted by atomic mass is 9.81. The molecule has 0 bridgehead atoms. The molecular weight excluding hydrogens is 358 g/mol. The van der Waals surface area contributed by atoms with Gasteiger partial charge in [-0.3, -0.25) is 9.78 Å². The lowest BCUT2D eigenvalue weighted by Crippen LogP contribution is -2.29. The summed E-state index contributed by atoms with van der Waals surface area (Å²) in [5.41, 5.74) is 5.97.